The highest BCUT2D eigenvalue weighted by Gasteiger charge is 2.50. The Morgan fingerprint density at radius 2 is 1.86 bits per heavy atom. The Bertz CT molecular complexity index is 1270. The molecule has 13 heteroatoms. The van der Waals surface area contributed by atoms with Gasteiger partial charge in [0.25, 0.3) is 5.91 Å². The van der Waals surface area contributed by atoms with E-state index in [9.17, 15) is 19.2 Å². The Labute approximate surface area is 255 Å². The van der Waals surface area contributed by atoms with Crippen LogP contribution in [0.4, 0.5) is 0 Å². The summed E-state index contributed by atoms with van der Waals surface area (Å²) in [4.78, 5) is 58.2. The van der Waals surface area contributed by atoms with Crippen LogP contribution >= 0.6 is 11.3 Å². The topological polar surface area (TPSA) is 157 Å². The number of fused-ring (bicyclic) bond motifs is 1. The van der Waals surface area contributed by atoms with Crippen LogP contribution < -0.4 is 20.7 Å². The third kappa shape index (κ3) is 9.30. The largest absolute Gasteiger partial charge is 0.476 e. The first-order valence-electron chi connectivity index (χ1n) is 14.5. The highest BCUT2D eigenvalue weighted by Crippen LogP contribution is 2.29. The molecule has 3 heterocycles. The van der Waals surface area contributed by atoms with E-state index >= 15 is 0 Å². The first kappa shape index (κ1) is 32.5. The van der Waals surface area contributed by atoms with Crippen molar-refractivity contribution in [2.24, 2.45) is 0 Å². The normalized spacial score (nSPS) is 24.3. The van der Waals surface area contributed by atoms with Crippen molar-refractivity contribution in [3.05, 3.63) is 45.8 Å². The van der Waals surface area contributed by atoms with Gasteiger partial charge in [0.05, 0.1) is 37.5 Å². The van der Waals surface area contributed by atoms with Crippen LogP contribution in [0.3, 0.4) is 0 Å². The number of ether oxygens (including phenoxy) is 4. The number of aryl methyl sites for hydroxylation is 1. The van der Waals surface area contributed by atoms with E-state index in [0.717, 1.165) is 31.2 Å². The van der Waals surface area contributed by atoms with Gasteiger partial charge in [0.1, 0.15) is 17.7 Å². The molecule has 2 aromatic rings. The Morgan fingerprint density at radius 1 is 1.14 bits per heavy atom. The van der Waals surface area contributed by atoms with Crippen LogP contribution in [-0.2, 0) is 35.0 Å². The fourth-order valence-electron chi connectivity index (χ4n) is 4.66. The third-order valence-corrected chi connectivity index (χ3v) is 8.17. The molecule has 234 valence electrons. The molecule has 1 fully saturated rings. The number of hydrogen-bond acceptors (Lipinski definition) is 10. The van der Waals surface area contributed by atoms with E-state index < -0.39 is 41.4 Å². The number of benzene rings is 1. The molecule has 2 aliphatic heterocycles. The highest BCUT2D eigenvalue weighted by molar-refractivity contribution is 7.13. The lowest BCUT2D eigenvalue weighted by molar-refractivity contribution is -0.134. The number of rotatable bonds is 8. The van der Waals surface area contributed by atoms with Crippen LogP contribution in [0, 0.1) is 6.92 Å². The maximum Gasteiger partial charge on any atom is 0.267 e. The Kier molecular flexibility index (Phi) is 11.6. The Hall–Kier alpha value is -3.39. The molecule has 1 saturated heterocycles. The highest BCUT2D eigenvalue weighted by atomic mass is 32.1. The van der Waals surface area contributed by atoms with Crippen LogP contribution in [0.1, 0.15) is 52.8 Å². The van der Waals surface area contributed by atoms with Crippen molar-refractivity contribution in [2.45, 2.75) is 69.7 Å². The summed E-state index contributed by atoms with van der Waals surface area (Å²) in [6, 6.07) is 6.20. The summed E-state index contributed by atoms with van der Waals surface area (Å²) in [6.07, 6.45) is 3.54. The number of hydrogen-bond donors (Lipinski definition) is 3. The van der Waals surface area contributed by atoms with E-state index in [1.54, 1.807) is 13.8 Å². The lowest BCUT2D eigenvalue weighted by Crippen LogP contribution is -2.59. The number of thiazole rings is 1. The van der Waals surface area contributed by atoms with Gasteiger partial charge in [-0.15, -0.1) is 11.3 Å². The monoisotopic (exact) mass is 616 g/mol. The van der Waals surface area contributed by atoms with E-state index in [4.69, 9.17) is 18.9 Å². The second-order valence-electron chi connectivity index (χ2n) is 10.9. The summed E-state index contributed by atoms with van der Waals surface area (Å²) >= 11 is 1.17. The molecule has 2 aliphatic rings. The molecule has 0 bridgehead atoms. The summed E-state index contributed by atoms with van der Waals surface area (Å²) < 4.78 is 22.2. The first-order valence-corrected chi connectivity index (χ1v) is 15.3. The Morgan fingerprint density at radius 3 is 2.56 bits per heavy atom. The number of aromatic nitrogens is 1. The molecule has 0 radical (unpaired) electrons. The predicted octanol–water partition coefficient (Wildman–Crippen LogP) is 1.74. The summed E-state index contributed by atoms with van der Waals surface area (Å²) in [5, 5.41) is 8.87. The van der Waals surface area contributed by atoms with E-state index in [-0.39, 0.29) is 42.8 Å². The van der Waals surface area contributed by atoms with Crippen LogP contribution in [0.25, 0.3) is 0 Å². The Balaban J connectivity index is 1.53. The van der Waals surface area contributed by atoms with E-state index in [2.05, 4.69) is 20.9 Å². The average Bonchev–Trinajstić information content (AvgIpc) is 3.63. The zero-order chi connectivity index (χ0) is 30.8. The molecule has 43 heavy (non-hydrogen) atoms. The molecule has 1 aromatic carbocycles. The number of ketones is 1. The van der Waals surface area contributed by atoms with Gasteiger partial charge in [-0.2, -0.15) is 0 Å². The predicted molar refractivity (Wildman–Crippen MR) is 158 cm³/mol. The number of nitrogens with zero attached hydrogens (tertiary/aromatic N) is 1. The van der Waals surface area contributed by atoms with Gasteiger partial charge in [0, 0.05) is 13.7 Å². The van der Waals surface area contributed by atoms with Gasteiger partial charge in [-0.25, -0.2) is 4.98 Å². The van der Waals surface area contributed by atoms with Crippen molar-refractivity contribution < 1.29 is 38.1 Å². The quantitative estimate of drug-likeness (QED) is 0.376. The summed E-state index contributed by atoms with van der Waals surface area (Å²) in [5.74, 6) is -1.78. The van der Waals surface area contributed by atoms with Crippen LogP contribution in [0.15, 0.2) is 30.3 Å². The van der Waals surface area contributed by atoms with Gasteiger partial charge < -0.3 is 34.9 Å². The van der Waals surface area contributed by atoms with Crippen LogP contribution in [0.2, 0.25) is 0 Å². The minimum absolute atomic E-state index is 0.119. The SMILES string of the molecule is COC[C@@H]1NC(=O)c2sc(C)nc2OCCCCCCOC[C@@H](C(=O)N[C@@H](Cc2ccccc2)C(=O)[C@@]2(C)CO2)NC1=O. The molecule has 3 amide bonds. The molecular formula is C30H40N4O8S. The zero-order valence-corrected chi connectivity index (χ0v) is 25.6. The van der Waals surface area contributed by atoms with E-state index in [1.807, 2.05) is 30.3 Å². The van der Waals surface area contributed by atoms with Gasteiger partial charge in [0.2, 0.25) is 17.7 Å². The second-order valence-corrected chi connectivity index (χ2v) is 12.1. The smallest absolute Gasteiger partial charge is 0.267 e. The van der Waals surface area contributed by atoms with Gasteiger partial charge in [-0.3, -0.25) is 19.2 Å². The van der Waals surface area contributed by atoms with Crippen molar-refractivity contribution in [1.29, 1.82) is 0 Å². The molecule has 4 atom stereocenters. The van der Waals surface area contributed by atoms with E-state index in [0.29, 0.717) is 18.2 Å². The van der Waals surface area contributed by atoms with Gasteiger partial charge in [0.15, 0.2) is 10.7 Å². The summed E-state index contributed by atoms with van der Waals surface area (Å²) in [6.45, 7) is 4.26. The molecule has 12 nitrogen and oxygen atoms in total. The molecule has 0 saturated carbocycles. The number of carbonyl (C=O) groups is 4. The lowest BCUT2D eigenvalue weighted by Gasteiger charge is -2.25. The number of methoxy groups -OCH3 is 1. The zero-order valence-electron chi connectivity index (χ0n) is 24.8. The van der Waals surface area contributed by atoms with E-state index in [1.165, 1.54) is 18.4 Å². The number of Topliss-reactive ketones (excluding diaryl/α,β-unsaturated/α-hetero) is 1. The fourth-order valence-corrected chi connectivity index (χ4v) is 5.43. The summed E-state index contributed by atoms with van der Waals surface area (Å²) in [7, 11) is 1.40. The minimum atomic E-state index is -1.14. The molecular weight excluding hydrogens is 576 g/mol. The van der Waals surface area contributed by atoms with Crippen molar-refractivity contribution in [3.8, 4) is 5.88 Å². The van der Waals surface area contributed by atoms with Crippen molar-refractivity contribution in [3.63, 3.8) is 0 Å². The number of carbonyl (C=O) groups excluding carboxylic acids is 4. The molecule has 0 aliphatic carbocycles. The second kappa shape index (κ2) is 15.4. The number of amides is 3. The fraction of sp³-hybridized carbons (Fsp3) is 0.567. The molecule has 0 unspecified atom stereocenters. The molecule has 3 N–H and O–H groups in total. The number of nitrogens with one attached hydrogen (secondary N) is 3. The van der Waals surface area contributed by atoms with Crippen LogP contribution in [0.5, 0.6) is 5.88 Å². The summed E-state index contributed by atoms with van der Waals surface area (Å²) in [5.41, 5.74) is -0.0963. The average molecular weight is 617 g/mol. The van der Waals surface area contributed by atoms with Crippen molar-refractivity contribution in [2.75, 3.05) is 40.1 Å². The number of epoxide rings is 1. The molecule has 4 rings (SSSR count). The van der Waals surface area contributed by atoms with Crippen LogP contribution in [-0.4, -0.2) is 92.4 Å². The van der Waals surface area contributed by atoms with Crippen molar-refractivity contribution >= 4 is 34.8 Å². The van der Waals surface area contributed by atoms with Gasteiger partial charge in [-0.1, -0.05) is 36.8 Å². The standard InChI is InChI=1S/C30H40N4O8S/c1-19-31-29-24(43-19)28(38)34-22(16-39-3)26(36)33-23(17-40-13-9-4-5-10-14-41-29)27(37)32-21(25(35)30(2)18-42-30)15-20-11-7-6-8-12-20/h6-8,11-12,21-23H,4-5,9-10,13-18H2,1-3H3,(H,32,37)(H,33,36)(H,34,38)/t21-,22-,23-,30+/m0/s1. The lowest BCUT2D eigenvalue weighted by atomic mass is 9.94. The molecule has 0 spiro atoms. The first-order chi connectivity index (χ1) is 20.7. The van der Waals surface area contributed by atoms with Crippen molar-refractivity contribution in [1.82, 2.24) is 20.9 Å². The maximum absolute atomic E-state index is 13.6. The third-order valence-electron chi connectivity index (χ3n) is 7.22. The van der Waals surface area contributed by atoms with Gasteiger partial charge in [-0.05, 0) is 45.1 Å². The minimum Gasteiger partial charge on any atom is -0.476 e. The van der Waals surface area contributed by atoms with Gasteiger partial charge >= 0.3 is 0 Å². The molecule has 1 aromatic heterocycles. The maximum atomic E-state index is 13.6.